The molecule has 0 aromatic heterocycles. The van der Waals surface area contributed by atoms with Crippen molar-refractivity contribution < 1.29 is 4.79 Å². The van der Waals surface area contributed by atoms with E-state index in [1.807, 2.05) is 13.1 Å². The number of amides is 1. The van der Waals surface area contributed by atoms with Crippen molar-refractivity contribution in [3.63, 3.8) is 0 Å². The summed E-state index contributed by atoms with van der Waals surface area (Å²) < 4.78 is 0. The molecular weight excluding hydrogens is 248 g/mol. The van der Waals surface area contributed by atoms with E-state index in [9.17, 15) is 4.79 Å². The molecule has 2 aliphatic carbocycles. The zero-order chi connectivity index (χ0) is 13.7. The molecule has 0 spiro atoms. The summed E-state index contributed by atoms with van der Waals surface area (Å²) in [6, 6.07) is 9.16. The number of carbonyl (C=O) groups excluding carboxylic acids is 1. The Morgan fingerprint density at radius 1 is 1.20 bits per heavy atom. The molecule has 2 bridgehead atoms. The number of nitrogens with zero attached hydrogens (tertiary/aromatic N) is 1. The predicted molar refractivity (Wildman–Crippen MR) is 79.6 cm³/mol. The minimum Gasteiger partial charge on any atom is -0.315 e. The van der Waals surface area contributed by atoms with Gasteiger partial charge in [-0.2, -0.15) is 0 Å². The Kier molecular flexibility index (Phi) is 2.84. The van der Waals surface area contributed by atoms with Crippen molar-refractivity contribution in [3.8, 4) is 0 Å². The lowest BCUT2D eigenvalue weighted by molar-refractivity contribution is -0.119. The third-order valence-electron chi connectivity index (χ3n) is 5.58. The Bertz CT molecular complexity index is 542. The lowest BCUT2D eigenvalue weighted by Crippen LogP contribution is -2.43. The van der Waals surface area contributed by atoms with Crippen molar-refractivity contribution in [1.82, 2.24) is 5.32 Å². The van der Waals surface area contributed by atoms with E-state index in [1.54, 1.807) is 4.90 Å². The van der Waals surface area contributed by atoms with Crippen molar-refractivity contribution in [2.75, 3.05) is 11.9 Å². The van der Waals surface area contributed by atoms with Gasteiger partial charge in [-0.3, -0.25) is 4.79 Å². The number of rotatable bonds is 2. The summed E-state index contributed by atoms with van der Waals surface area (Å²) >= 11 is 0. The third kappa shape index (κ3) is 1.87. The van der Waals surface area contributed by atoms with Gasteiger partial charge in [0.25, 0.3) is 0 Å². The largest absolute Gasteiger partial charge is 0.315 e. The van der Waals surface area contributed by atoms with Crippen LogP contribution in [0.5, 0.6) is 0 Å². The summed E-state index contributed by atoms with van der Waals surface area (Å²) in [5.41, 5.74) is 2.36. The summed E-state index contributed by atoms with van der Waals surface area (Å²) in [7, 11) is 1.88. The molecule has 1 amide bonds. The molecule has 1 heterocycles. The molecular formula is C17H22N2O. The van der Waals surface area contributed by atoms with Crippen LogP contribution in [-0.2, 0) is 4.79 Å². The average Bonchev–Trinajstić information content (AvgIpc) is 3.07. The van der Waals surface area contributed by atoms with Crippen LogP contribution >= 0.6 is 0 Å². The van der Waals surface area contributed by atoms with Crippen molar-refractivity contribution in [1.29, 1.82) is 0 Å². The summed E-state index contributed by atoms with van der Waals surface area (Å²) in [4.78, 5) is 14.0. The van der Waals surface area contributed by atoms with Crippen LogP contribution in [0.4, 0.5) is 5.69 Å². The second kappa shape index (κ2) is 4.59. The van der Waals surface area contributed by atoms with Gasteiger partial charge in [-0.1, -0.05) is 24.6 Å². The summed E-state index contributed by atoms with van der Waals surface area (Å²) in [6.07, 6.45) is 6.12. The van der Waals surface area contributed by atoms with Crippen molar-refractivity contribution in [2.24, 2.45) is 11.8 Å². The fourth-order valence-electron chi connectivity index (χ4n) is 4.50. The van der Waals surface area contributed by atoms with Crippen LogP contribution < -0.4 is 10.2 Å². The van der Waals surface area contributed by atoms with Gasteiger partial charge >= 0.3 is 0 Å². The molecule has 3 heteroatoms. The molecule has 4 unspecified atom stereocenters. The maximum absolute atomic E-state index is 12.2. The van der Waals surface area contributed by atoms with Gasteiger partial charge in [0.15, 0.2) is 0 Å². The summed E-state index contributed by atoms with van der Waals surface area (Å²) in [6.45, 7) is 0. The first-order valence-electron chi connectivity index (χ1n) is 7.84. The second-order valence-corrected chi connectivity index (χ2v) is 6.72. The smallest absolute Gasteiger partial charge is 0.228 e. The van der Waals surface area contributed by atoms with Crippen molar-refractivity contribution >= 4 is 11.6 Å². The predicted octanol–water partition coefficient (Wildman–Crippen LogP) is 2.87. The SMILES string of the molecule is CN1C(=O)CC(NC2CC3CCC2C3)c2ccccc21. The molecule has 1 aromatic rings. The van der Waals surface area contributed by atoms with Gasteiger partial charge in [0, 0.05) is 31.2 Å². The highest BCUT2D eigenvalue weighted by atomic mass is 16.2. The first-order valence-corrected chi connectivity index (χ1v) is 7.84. The number of para-hydroxylation sites is 1. The Morgan fingerprint density at radius 3 is 2.80 bits per heavy atom. The Hall–Kier alpha value is -1.35. The number of benzene rings is 1. The number of fused-ring (bicyclic) bond motifs is 3. The van der Waals surface area contributed by atoms with Gasteiger partial charge in [0.05, 0.1) is 0 Å². The molecule has 2 fully saturated rings. The van der Waals surface area contributed by atoms with Crippen molar-refractivity contribution in [2.45, 2.75) is 44.2 Å². The number of nitrogens with one attached hydrogen (secondary N) is 1. The number of carbonyl (C=O) groups is 1. The molecule has 4 atom stereocenters. The third-order valence-corrected chi connectivity index (χ3v) is 5.58. The Balaban J connectivity index is 1.59. The highest BCUT2D eigenvalue weighted by Crippen LogP contribution is 2.46. The molecule has 20 heavy (non-hydrogen) atoms. The fraction of sp³-hybridized carbons (Fsp3) is 0.588. The average molecular weight is 270 g/mol. The van der Waals surface area contributed by atoms with E-state index in [0.29, 0.717) is 12.5 Å². The van der Waals surface area contributed by atoms with Crippen LogP contribution in [-0.4, -0.2) is 19.0 Å². The van der Waals surface area contributed by atoms with Crippen LogP contribution in [0.3, 0.4) is 0 Å². The van der Waals surface area contributed by atoms with Crippen LogP contribution in [0.25, 0.3) is 0 Å². The minimum absolute atomic E-state index is 0.208. The molecule has 1 N–H and O–H groups in total. The minimum atomic E-state index is 0.208. The van der Waals surface area contributed by atoms with Gasteiger partial charge in [0.1, 0.15) is 0 Å². The zero-order valence-corrected chi connectivity index (χ0v) is 12.0. The summed E-state index contributed by atoms with van der Waals surface area (Å²) in [5, 5.41) is 3.81. The molecule has 0 saturated heterocycles. The number of anilines is 1. The molecule has 1 aromatic carbocycles. The van der Waals surface area contributed by atoms with Gasteiger partial charge < -0.3 is 10.2 Å². The highest BCUT2D eigenvalue weighted by Gasteiger charge is 2.41. The van der Waals surface area contributed by atoms with Crippen LogP contribution in [0.15, 0.2) is 24.3 Å². The first kappa shape index (κ1) is 12.4. The van der Waals surface area contributed by atoms with Crippen LogP contribution in [0.2, 0.25) is 0 Å². The number of hydrogen-bond donors (Lipinski definition) is 1. The van der Waals surface area contributed by atoms with E-state index in [4.69, 9.17) is 0 Å². The molecule has 3 aliphatic rings. The molecule has 0 radical (unpaired) electrons. The van der Waals surface area contributed by atoms with Gasteiger partial charge in [-0.15, -0.1) is 0 Å². The normalized spacial score (nSPS) is 35.5. The summed E-state index contributed by atoms with van der Waals surface area (Å²) in [5.74, 6) is 2.01. The van der Waals surface area contributed by atoms with Crippen molar-refractivity contribution in [3.05, 3.63) is 29.8 Å². The lowest BCUT2D eigenvalue weighted by Gasteiger charge is -2.35. The lowest BCUT2D eigenvalue weighted by atomic mass is 9.91. The Labute approximate surface area is 120 Å². The quantitative estimate of drug-likeness (QED) is 0.896. The van der Waals surface area contributed by atoms with Gasteiger partial charge in [-0.25, -0.2) is 0 Å². The molecule has 1 aliphatic heterocycles. The van der Waals surface area contributed by atoms with E-state index < -0.39 is 0 Å². The van der Waals surface area contributed by atoms with Crippen LogP contribution in [0.1, 0.15) is 43.7 Å². The molecule has 3 nitrogen and oxygen atoms in total. The zero-order valence-electron chi connectivity index (χ0n) is 12.0. The van der Waals surface area contributed by atoms with Gasteiger partial charge in [0.2, 0.25) is 5.91 Å². The maximum Gasteiger partial charge on any atom is 0.228 e. The van der Waals surface area contributed by atoms with Gasteiger partial charge in [-0.05, 0) is 42.7 Å². The molecule has 4 rings (SSSR count). The standard InChI is InChI=1S/C17H22N2O/c1-19-16-5-3-2-4-13(16)15(10-17(19)20)18-14-9-11-6-7-12(14)8-11/h2-5,11-12,14-15,18H,6-10H2,1H3. The maximum atomic E-state index is 12.2. The Morgan fingerprint density at radius 2 is 2.05 bits per heavy atom. The topological polar surface area (TPSA) is 32.3 Å². The monoisotopic (exact) mass is 270 g/mol. The highest BCUT2D eigenvalue weighted by molar-refractivity contribution is 5.96. The number of hydrogen-bond acceptors (Lipinski definition) is 2. The van der Waals surface area contributed by atoms with E-state index in [1.165, 1.54) is 31.2 Å². The van der Waals surface area contributed by atoms with E-state index >= 15 is 0 Å². The molecule has 106 valence electrons. The van der Waals surface area contributed by atoms with E-state index in [-0.39, 0.29) is 11.9 Å². The van der Waals surface area contributed by atoms with E-state index in [2.05, 4.69) is 23.5 Å². The fourth-order valence-corrected chi connectivity index (χ4v) is 4.50. The first-order chi connectivity index (χ1) is 9.72. The van der Waals surface area contributed by atoms with Crippen LogP contribution in [0, 0.1) is 11.8 Å². The van der Waals surface area contributed by atoms with E-state index in [0.717, 1.165) is 17.5 Å². The molecule has 2 saturated carbocycles. The second-order valence-electron chi connectivity index (χ2n) is 6.72.